The van der Waals surface area contributed by atoms with Gasteiger partial charge >= 0.3 is 0 Å². The van der Waals surface area contributed by atoms with Crippen LogP contribution in [0.15, 0.2) is 42.5 Å². The number of nitrogens with zero attached hydrogens (tertiary/aromatic N) is 1. The van der Waals surface area contributed by atoms with Crippen molar-refractivity contribution < 1.29 is 14.3 Å². The Balaban J connectivity index is 1.33. The summed E-state index contributed by atoms with van der Waals surface area (Å²) in [4.78, 5) is 26.5. The van der Waals surface area contributed by atoms with E-state index in [2.05, 4.69) is 34.5 Å². The zero-order valence-corrected chi connectivity index (χ0v) is 18.8. The van der Waals surface area contributed by atoms with Crippen molar-refractivity contribution in [2.75, 3.05) is 25.5 Å². The van der Waals surface area contributed by atoms with Crippen LogP contribution in [0.4, 0.5) is 5.69 Å². The third-order valence-electron chi connectivity index (χ3n) is 6.83. The van der Waals surface area contributed by atoms with Crippen LogP contribution in [0.25, 0.3) is 0 Å². The summed E-state index contributed by atoms with van der Waals surface area (Å²) in [5.74, 6) is 0.999. The van der Waals surface area contributed by atoms with E-state index in [0.29, 0.717) is 6.42 Å². The Labute approximate surface area is 190 Å². The minimum absolute atomic E-state index is 0.00266. The summed E-state index contributed by atoms with van der Waals surface area (Å²) in [5.41, 5.74) is 10.0. The summed E-state index contributed by atoms with van der Waals surface area (Å²) in [6, 6.07) is 14.3. The number of nitrogens with one attached hydrogen (secondary N) is 1. The van der Waals surface area contributed by atoms with E-state index in [4.69, 9.17) is 10.5 Å². The SMILES string of the molecule is COc1ccc2c(c1)CCCC2CC(=O)Nc1cccc(CN2CCC(C(N)=O)CC2)c1. The molecule has 170 valence electrons. The van der Waals surface area contributed by atoms with Gasteiger partial charge < -0.3 is 15.8 Å². The summed E-state index contributed by atoms with van der Waals surface area (Å²) >= 11 is 0. The van der Waals surface area contributed by atoms with E-state index in [1.807, 2.05) is 18.2 Å². The number of piperidine rings is 1. The molecule has 1 aliphatic heterocycles. The molecule has 0 radical (unpaired) electrons. The lowest BCUT2D eigenvalue weighted by atomic mass is 9.81. The summed E-state index contributed by atoms with van der Waals surface area (Å²) in [6.45, 7) is 2.55. The maximum atomic E-state index is 12.8. The molecule has 2 aromatic rings. The van der Waals surface area contributed by atoms with E-state index in [-0.39, 0.29) is 23.7 Å². The molecule has 3 N–H and O–H groups in total. The number of carbonyl (C=O) groups excluding carboxylic acids is 2. The second-order valence-electron chi connectivity index (χ2n) is 9.06. The Kier molecular flexibility index (Phi) is 7.10. The number of methoxy groups -OCH3 is 1. The Morgan fingerprint density at radius 1 is 1.12 bits per heavy atom. The number of benzene rings is 2. The van der Waals surface area contributed by atoms with Gasteiger partial charge in [0, 0.05) is 24.6 Å². The highest BCUT2D eigenvalue weighted by Crippen LogP contribution is 2.36. The van der Waals surface area contributed by atoms with Crippen molar-refractivity contribution >= 4 is 17.5 Å². The molecule has 1 atom stereocenters. The fourth-order valence-corrected chi connectivity index (χ4v) is 5.05. The molecule has 2 aliphatic rings. The maximum absolute atomic E-state index is 12.8. The van der Waals surface area contributed by atoms with Crippen molar-refractivity contribution in [1.82, 2.24) is 4.90 Å². The number of anilines is 1. The van der Waals surface area contributed by atoms with Gasteiger partial charge in [-0.1, -0.05) is 18.2 Å². The lowest BCUT2D eigenvalue weighted by Gasteiger charge is -2.30. The van der Waals surface area contributed by atoms with Gasteiger partial charge in [0.2, 0.25) is 11.8 Å². The molecule has 1 aliphatic carbocycles. The van der Waals surface area contributed by atoms with E-state index >= 15 is 0 Å². The first-order chi connectivity index (χ1) is 15.5. The van der Waals surface area contributed by atoms with E-state index < -0.39 is 0 Å². The van der Waals surface area contributed by atoms with Crippen molar-refractivity contribution in [3.8, 4) is 5.75 Å². The number of primary amides is 1. The zero-order valence-electron chi connectivity index (χ0n) is 18.8. The highest BCUT2D eigenvalue weighted by atomic mass is 16.5. The molecule has 0 aromatic heterocycles. The maximum Gasteiger partial charge on any atom is 0.224 e. The molecule has 0 spiro atoms. The fraction of sp³-hybridized carbons (Fsp3) is 0.462. The Morgan fingerprint density at radius 3 is 2.69 bits per heavy atom. The lowest BCUT2D eigenvalue weighted by molar-refractivity contribution is -0.123. The highest BCUT2D eigenvalue weighted by Gasteiger charge is 2.24. The molecule has 1 saturated heterocycles. The molecular formula is C26H33N3O3. The van der Waals surface area contributed by atoms with Crippen molar-refractivity contribution in [3.05, 3.63) is 59.2 Å². The molecule has 2 aromatic carbocycles. The van der Waals surface area contributed by atoms with Crippen LogP contribution in [-0.2, 0) is 22.6 Å². The number of hydrogen-bond acceptors (Lipinski definition) is 4. The van der Waals surface area contributed by atoms with Crippen LogP contribution >= 0.6 is 0 Å². The monoisotopic (exact) mass is 435 g/mol. The Hall–Kier alpha value is -2.86. The minimum atomic E-state index is -0.186. The molecular weight excluding hydrogens is 402 g/mol. The van der Waals surface area contributed by atoms with Crippen LogP contribution in [0.5, 0.6) is 5.75 Å². The summed E-state index contributed by atoms with van der Waals surface area (Å²) in [5, 5.41) is 3.10. The first kappa shape index (κ1) is 22.3. The van der Waals surface area contributed by atoms with Gasteiger partial charge in [0.15, 0.2) is 0 Å². The lowest BCUT2D eigenvalue weighted by Crippen LogP contribution is -2.38. The number of nitrogens with two attached hydrogens (primary N) is 1. The molecule has 1 heterocycles. The average Bonchev–Trinajstić information content (AvgIpc) is 2.79. The van der Waals surface area contributed by atoms with Gasteiger partial charge in [0.1, 0.15) is 5.75 Å². The highest BCUT2D eigenvalue weighted by molar-refractivity contribution is 5.91. The van der Waals surface area contributed by atoms with Crippen LogP contribution in [0.2, 0.25) is 0 Å². The smallest absolute Gasteiger partial charge is 0.224 e. The van der Waals surface area contributed by atoms with Gasteiger partial charge in [0.05, 0.1) is 7.11 Å². The van der Waals surface area contributed by atoms with E-state index in [0.717, 1.165) is 68.7 Å². The number of hydrogen-bond donors (Lipinski definition) is 2. The largest absolute Gasteiger partial charge is 0.497 e. The second kappa shape index (κ2) is 10.2. The molecule has 0 bridgehead atoms. The summed E-state index contributed by atoms with van der Waals surface area (Å²) in [7, 11) is 1.69. The Morgan fingerprint density at radius 2 is 1.94 bits per heavy atom. The molecule has 32 heavy (non-hydrogen) atoms. The van der Waals surface area contributed by atoms with Gasteiger partial charge in [-0.05, 0) is 92.1 Å². The van der Waals surface area contributed by atoms with E-state index in [1.165, 1.54) is 11.1 Å². The molecule has 4 rings (SSSR count). The van der Waals surface area contributed by atoms with Gasteiger partial charge in [-0.25, -0.2) is 0 Å². The normalized spacial score (nSPS) is 19.2. The predicted octanol–water partition coefficient (Wildman–Crippen LogP) is 3.84. The molecule has 6 nitrogen and oxygen atoms in total. The number of ether oxygens (including phenoxy) is 1. The third-order valence-corrected chi connectivity index (χ3v) is 6.83. The third kappa shape index (κ3) is 5.49. The first-order valence-electron chi connectivity index (χ1n) is 11.6. The summed E-state index contributed by atoms with van der Waals surface area (Å²) < 4.78 is 5.35. The average molecular weight is 436 g/mol. The number of fused-ring (bicyclic) bond motifs is 1. The van der Waals surface area contributed by atoms with Gasteiger partial charge in [-0.3, -0.25) is 14.5 Å². The molecule has 1 unspecified atom stereocenters. The van der Waals surface area contributed by atoms with Gasteiger partial charge in [-0.2, -0.15) is 0 Å². The van der Waals surface area contributed by atoms with Crippen LogP contribution < -0.4 is 15.8 Å². The van der Waals surface area contributed by atoms with Crippen molar-refractivity contribution in [1.29, 1.82) is 0 Å². The second-order valence-corrected chi connectivity index (χ2v) is 9.06. The predicted molar refractivity (Wildman–Crippen MR) is 126 cm³/mol. The van der Waals surface area contributed by atoms with Crippen LogP contribution in [0.1, 0.15) is 54.7 Å². The molecule has 6 heteroatoms. The van der Waals surface area contributed by atoms with Gasteiger partial charge in [-0.15, -0.1) is 0 Å². The summed E-state index contributed by atoms with van der Waals surface area (Å²) in [6.07, 6.45) is 5.31. The minimum Gasteiger partial charge on any atom is -0.497 e. The Bertz CT molecular complexity index is 967. The van der Waals surface area contributed by atoms with Crippen molar-refractivity contribution in [2.45, 2.75) is 51.0 Å². The molecule has 1 fully saturated rings. The van der Waals surface area contributed by atoms with Crippen LogP contribution in [0, 0.1) is 5.92 Å². The fourth-order valence-electron chi connectivity index (χ4n) is 5.05. The number of amides is 2. The number of carbonyl (C=O) groups is 2. The van der Waals surface area contributed by atoms with Crippen LogP contribution in [0.3, 0.4) is 0 Å². The number of rotatable bonds is 7. The van der Waals surface area contributed by atoms with Crippen LogP contribution in [-0.4, -0.2) is 36.9 Å². The zero-order chi connectivity index (χ0) is 22.5. The van der Waals surface area contributed by atoms with E-state index in [1.54, 1.807) is 7.11 Å². The standard InChI is InChI=1S/C26H33N3O3/c1-32-23-8-9-24-20(15-23)5-3-6-21(24)16-25(30)28-22-7-2-4-18(14-22)17-29-12-10-19(11-13-29)26(27)31/h2,4,7-9,14-15,19,21H,3,5-6,10-13,16-17H2,1H3,(H2,27,31)(H,28,30). The quantitative estimate of drug-likeness (QED) is 0.692. The topological polar surface area (TPSA) is 84.7 Å². The van der Waals surface area contributed by atoms with Crippen molar-refractivity contribution in [2.24, 2.45) is 11.7 Å². The van der Waals surface area contributed by atoms with E-state index in [9.17, 15) is 9.59 Å². The van der Waals surface area contributed by atoms with Crippen molar-refractivity contribution in [3.63, 3.8) is 0 Å². The molecule has 0 saturated carbocycles. The molecule has 2 amide bonds. The number of likely N-dealkylation sites (tertiary alicyclic amines) is 1. The van der Waals surface area contributed by atoms with Gasteiger partial charge in [0.25, 0.3) is 0 Å². The first-order valence-corrected chi connectivity index (χ1v) is 11.6. The number of aryl methyl sites for hydroxylation is 1.